The van der Waals surface area contributed by atoms with Crippen molar-refractivity contribution in [2.45, 2.75) is 25.6 Å². The molecule has 0 saturated carbocycles. The van der Waals surface area contributed by atoms with Crippen LogP contribution >= 0.6 is 0 Å². The van der Waals surface area contributed by atoms with Crippen LogP contribution in [0.2, 0.25) is 0 Å². The zero-order chi connectivity index (χ0) is 13.8. The fraction of sp³-hybridized carbons (Fsp3) is 0.538. The first-order valence-corrected chi connectivity index (χ1v) is 5.93. The molecule has 0 amide bonds. The van der Waals surface area contributed by atoms with E-state index in [4.69, 9.17) is 0 Å². The van der Waals surface area contributed by atoms with E-state index in [1.165, 1.54) is 12.1 Å². The van der Waals surface area contributed by atoms with Gasteiger partial charge in [0.25, 0.3) is 0 Å². The molecule has 0 heterocycles. The number of nitrogens with zero attached hydrogens (tertiary/aromatic N) is 1. The SMILES string of the molecule is CCCNC(c1ccc(N(C)C)cc1)C(F)(F)F. The third kappa shape index (κ3) is 3.91. The van der Waals surface area contributed by atoms with Gasteiger partial charge < -0.3 is 10.2 Å². The van der Waals surface area contributed by atoms with Crippen molar-refractivity contribution in [3.05, 3.63) is 29.8 Å². The summed E-state index contributed by atoms with van der Waals surface area (Å²) in [7, 11) is 3.71. The van der Waals surface area contributed by atoms with Crippen molar-refractivity contribution in [2.24, 2.45) is 0 Å². The first-order valence-electron chi connectivity index (χ1n) is 5.93. The Hall–Kier alpha value is -1.23. The van der Waals surface area contributed by atoms with E-state index < -0.39 is 12.2 Å². The maximum absolute atomic E-state index is 12.9. The highest BCUT2D eigenvalue weighted by Crippen LogP contribution is 2.33. The molecule has 0 spiro atoms. The van der Waals surface area contributed by atoms with Crippen LogP contribution in [0, 0.1) is 0 Å². The number of alkyl halides is 3. The van der Waals surface area contributed by atoms with Crippen LogP contribution in [-0.4, -0.2) is 26.8 Å². The smallest absolute Gasteiger partial charge is 0.378 e. The van der Waals surface area contributed by atoms with Crippen molar-refractivity contribution in [1.29, 1.82) is 0 Å². The first-order chi connectivity index (χ1) is 8.36. The standard InChI is InChI=1S/C13H19F3N2/c1-4-9-17-12(13(14,15)16)10-5-7-11(8-6-10)18(2)3/h5-8,12,17H,4,9H2,1-3H3. The number of benzene rings is 1. The van der Waals surface area contributed by atoms with Crippen LogP contribution in [0.15, 0.2) is 24.3 Å². The predicted octanol–water partition coefficient (Wildman–Crippen LogP) is 3.36. The normalized spacial score (nSPS) is 13.4. The number of hydrogen-bond donors (Lipinski definition) is 1. The maximum atomic E-state index is 12.9. The van der Waals surface area contributed by atoms with Crippen molar-refractivity contribution in [3.63, 3.8) is 0 Å². The Morgan fingerprint density at radius 3 is 2.11 bits per heavy atom. The van der Waals surface area contributed by atoms with Gasteiger partial charge in [-0.1, -0.05) is 19.1 Å². The van der Waals surface area contributed by atoms with E-state index in [9.17, 15) is 13.2 Å². The fourth-order valence-corrected chi connectivity index (χ4v) is 1.68. The van der Waals surface area contributed by atoms with Crippen LogP contribution in [0.5, 0.6) is 0 Å². The highest BCUT2D eigenvalue weighted by Gasteiger charge is 2.40. The molecule has 0 aliphatic rings. The lowest BCUT2D eigenvalue weighted by atomic mass is 10.1. The molecule has 0 aliphatic carbocycles. The molecule has 5 heteroatoms. The van der Waals surface area contributed by atoms with Gasteiger partial charge in [-0.15, -0.1) is 0 Å². The lowest BCUT2D eigenvalue weighted by Gasteiger charge is -2.22. The zero-order valence-electron chi connectivity index (χ0n) is 10.9. The molecule has 0 aromatic heterocycles. The van der Waals surface area contributed by atoms with Gasteiger partial charge in [-0.05, 0) is 30.7 Å². The van der Waals surface area contributed by atoms with Crippen molar-refractivity contribution >= 4 is 5.69 Å². The molecule has 0 radical (unpaired) electrons. The monoisotopic (exact) mass is 260 g/mol. The molecule has 0 aliphatic heterocycles. The van der Waals surface area contributed by atoms with Gasteiger partial charge in [0.1, 0.15) is 6.04 Å². The van der Waals surface area contributed by atoms with E-state index >= 15 is 0 Å². The van der Waals surface area contributed by atoms with Crippen LogP contribution < -0.4 is 10.2 Å². The van der Waals surface area contributed by atoms with Crippen LogP contribution in [0.3, 0.4) is 0 Å². The lowest BCUT2D eigenvalue weighted by Crippen LogP contribution is -2.34. The van der Waals surface area contributed by atoms with E-state index in [1.807, 2.05) is 25.9 Å². The summed E-state index contributed by atoms with van der Waals surface area (Å²) in [5.74, 6) is 0. The largest absolute Gasteiger partial charge is 0.407 e. The summed E-state index contributed by atoms with van der Waals surface area (Å²) >= 11 is 0. The molecular weight excluding hydrogens is 241 g/mol. The molecular formula is C13H19F3N2. The molecule has 0 bridgehead atoms. The van der Waals surface area contributed by atoms with E-state index in [0.29, 0.717) is 13.0 Å². The molecule has 0 fully saturated rings. The van der Waals surface area contributed by atoms with Gasteiger partial charge in [0.05, 0.1) is 0 Å². The topological polar surface area (TPSA) is 15.3 Å². The third-order valence-corrected chi connectivity index (χ3v) is 2.67. The van der Waals surface area contributed by atoms with Crippen molar-refractivity contribution < 1.29 is 13.2 Å². The molecule has 2 nitrogen and oxygen atoms in total. The average Bonchev–Trinajstić information content (AvgIpc) is 2.28. The summed E-state index contributed by atoms with van der Waals surface area (Å²) in [6, 6.07) is 4.85. The van der Waals surface area contributed by atoms with Crippen LogP contribution in [-0.2, 0) is 0 Å². The second-order valence-corrected chi connectivity index (χ2v) is 4.41. The molecule has 1 rings (SSSR count). The first kappa shape index (κ1) is 14.8. The Bertz CT molecular complexity index is 357. The molecule has 1 atom stereocenters. The Morgan fingerprint density at radius 2 is 1.72 bits per heavy atom. The third-order valence-electron chi connectivity index (χ3n) is 2.67. The number of nitrogens with one attached hydrogen (secondary N) is 1. The van der Waals surface area contributed by atoms with Crippen LogP contribution in [0.1, 0.15) is 24.9 Å². The van der Waals surface area contributed by atoms with Gasteiger partial charge in [0.2, 0.25) is 0 Å². The highest BCUT2D eigenvalue weighted by molar-refractivity contribution is 5.46. The summed E-state index contributed by atoms with van der Waals surface area (Å²) in [5.41, 5.74) is 1.14. The maximum Gasteiger partial charge on any atom is 0.407 e. The van der Waals surface area contributed by atoms with E-state index in [-0.39, 0.29) is 5.56 Å². The average molecular weight is 260 g/mol. The molecule has 1 aromatic rings. The van der Waals surface area contributed by atoms with Crippen molar-refractivity contribution in [2.75, 3.05) is 25.5 Å². The summed E-state index contributed by atoms with van der Waals surface area (Å²) in [4.78, 5) is 1.85. The molecule has 1 aromatic carbocycles. The number of halogens is 3. The van der Waals surface area contributed by atoms with Gasteiger partial charge in [0, 0.05) is 19.8 Å². The Morgan fingerprint density at radius 1 is 1.17 bits per heavy atom. The van der Waals surface area contributed by atoms with Crippen LogP contribution in [0.4, 0.5) is 18.9 Å². The quantitative estimate of drug-likeness (QED) is 0.873. The molecule has 18 heavy (non-hydrogen) atoms. The minimum Gasteiger partial charge on any atom is -0.378 e. The second kappa shape index (κ2) is 6.09. The molecule has 1 N–H and O–H groups in total. The number of anilines is 1. The van der Waals surface area contributed by atoms with Gasteiger partial charge in [-0.25, -0.2) is 0 Å². The summed E-state index contributed by atoms with van der Waals surface area (Å²) in [5, 5.41) is 2.54. The Kier molecular flexibility index (Phi) is 5.02. The molecule has 102 valence electrons. The van der Waals surface area contributed by atoms with Gasteiger partial charge in [0.15, 0.2) is 0 Å². The molecule has 1 unspecified atom stereocenters. The predicted molar refractivity (Wildman–Crippen MR) is 67.9 cm³/mol. The summed E-state index contributed by atoms with van der Waals surface area (Å²) in [6.07, 6.45) is -3.60. The van der Waals surface area contributed by atoms with E-state index in [1.54, 1.807) is 12.1 Å². The molecule has 0 saturated heterocycles. The van der Waals surface area contributed by atoms with E-state index in [0.717, 1.165) is 5.69 Å². The summed E-state index contributed by atoms with van der Waals surface area (Å²) in [6.45, 7) is 2.19. The zero-order valence-corrected chi connectivity index (χ0v) is 10.9. The number of hydrogen-bond acceptors (Lipinski definition) is 2. The summed E-state index contributed by atoms with van der Waals surface area (Å²) < 4.78 is 38.7. The van der Waals surface area contributed by atoms with Gasteiger partial charge in [-0.2, -0.15) is 13.2 Å². The van der Waals surface area contributed by atoms with Gasteiger partial charge >= 0.3 is 6.18 Å². The van der Waals surface area contributed by atoms with Crippen LogP contribution in [0.25, 0.3) is 0 Å². The van der Waals surface area contributed by atoms with Gasteiger partial charge in [-0.3, -0.25) is 0 Å². The minimum absolute atomic E-state index is 0.251. The van der Waals surface area contributed by atoms with E-state index in [2.05, 4.69) is 5.32 Å². The Balaban J connectivity index is 2.91. The van der Waals surface area contributed by atoms with Crippen molar-refractivity contribution in [1.82, 2.24) is 5.32 Å². The minimum atomic E-state index is -4.27. The lowest BCUT2D eigenvalue weighted by molar-refractivity contribution is -0.157. The fourth-order valence-electron chi connectivity index (χ4n) is 1.68. The Labute approximate surface area is 106 Å². The highest BCUT2D eigenvalue weighted by atomic mass is 19.4. The van der Waals surface area contributed by atoms with Crippen molar-refractivity contribution in [3.8, 4) is 0 Å². The number of rotatable bonds is 5. The second-order valence-electron chi connectivity index (χ2n) is 4.41.